The lowest BCUT2D eigenvalue weighted by molar-refractivity contribution is 0.0602. The number of ether oxygens (including phenoxy) is 1. The van der Waals surface area contributed by atoms with E-state index < -0.39 is 11.9 Å². The number of esters is 1. The van der Waals surface area contributed by atoms with E-state index in [1.807, 2.05) is 0 Å². The van der Waals surface area contributed by atoms with Crippen molar-refractivity contribution in [3.8, 4) is 0 Å². The van der Waals surface area contributed by atoms with Gasteiger partial charge in [-0.15, -0.1) is 0 Å². The second kappa shape index (κ2) is 9.45. The fourth-order valence-corrected chi connectivity index (χ4v) is 2.73. The molecule has 0 aliphatic rings. The van der Waals surface area contributed by atoms with Gasteiger partial charge in [0.25, 0.3) is 5.91 Å². The van der Waals surface area contributed by atoms with Crippen molar-refractivity contribution in [3.05, 3.63) is 89.5 Å². The average molecular weight is 393 g/mol. The standard InChI is InChI=1S/C22H20FN3O3/c1-29-22(28)18-4-2-3-5-19(18)26-21(27)20-14-17(11-13-25-20)24-12-10-15-6-8-16(23)9-7-15/h2-9,11,13-14H,10,12H2,1H3,(H,24,25)(H,26,27). The van der Waals surface area contributed by atoms with Crippen LogP contribution in [0.5, 0.6) is 0 Å². The van der Waals surface area contributed by atoms with Crippen LogP contribution in [0.25, 0.3) is 0 Å². The van der Waals surface area contributed by atoms with Gasteiger partial charge in [0.05, 0.1) is 18.4 Å². The third-order valence-corrected chi connectivity index (χ3v) is 4.23. The zero-order valence-corrected chi connectivity index (χ0v) is 15.8. The molecule has 0 fully saturated rings. The summed E-state index contributed by atoms with van der Waals surface area (Å²) in [6.45, 7) is 0.613. The summed E-state index contributed by atoms with van der Waals surface area (Å²) in [6, 6.07) is 16.3. The Hall–Kier alpha value is -3.74. The molecule has 1 amide bonds. The van der Waals surface area contributed by atoms with Crippen molar-refractivity contribution in [2.24, 2.45) is 0 Å². The monoisotopic (exact) mass is 393 g/mol. The summed E-state index contributed by atoms with van der Waals surface area (Å²) in [4.78, 5) is 28.5. The van der Waals surface area contributed by atoms with E-state index >= 15 is 0 Å². The number of hydrogen-bond acceptors (Lipinski definition) is 5. The van der Waals surface area contributed by atoms with Crippen molar-refractivity contribution in [2.45, 2.75) is 6.42 Å². The lowest BCUT2D eigenvalue weighted by Gasteiger charge is -2.11. The van der Waals surface area contributed by atoms with Crippen molar-refractivity contribution in [1.29, 1.82) is 0 Å². The summed E-state index contributed by atoms with van der Waals surface area (Å²) in [6.07, 6.45) is 2.23. The maximum absolute atomic E-state index is 13.0. The van der Waals surface area contributed by atoms with Crippen LogP contribution < -0.4 is 10.6 Å². The molecule has 3 rings (SSSR count). The van der Waals surface area contributed by atoms with E-state index in [2.05, 4.69) is 15.6 Å². The predicted octanol–water partition coefficient (Wildman–Crippen LogP) is 3.91. The SMILES string of the molecule is COC(=O)c1ccccc1NC(=O)c1cc(NCCc2ccc(F)cc2)ccn1. The van der Waals surface area contributed by atoms with Gasteiger partial charge in [-0.2, -0.15) is 0 Å². The van der Waals surface area contributed by atoms with Crippen LogP contribution in [0.1, 0.15) is 26.4 Å². The molecule has 0 saturated heterocycles. The number of halogens is 1. The van der Waals surface area contributed by atoms with E-state index in [0.29, 0.717) is 18.7 Å². The van der Waals surface area contributed by atoms with Crippen LogP contribution >= 0.6 is 0 Å². The molecule has 1 heterocycles. The second-order valence-corrected chi connectivity index (χ2v) is 6.22. The highest BCUT2D eigenvalue weighted by Crippen LogP contribution is 2.17. The number of carbonyl (C=O) groups excluding carboxylic acids is 2. The molecule has 0 unspecified atom stereocenters. The number of anilines is 2. The predicted molar refractivity (Wildman–Crippen MR) is 109 cm³/mol. The van der Waals surface area contributed by atoms with Crippen LogP contribution in [-0.4, -0.2) is 30.5 Å². The quantitative estimate of drug-likeness (QED) is 0.595. The smallest absolute Gasteiger partial charge is 0.339 e. The number of rotatable bonds is 7. The van der Waals surface area contributed by atoms with Gasteiger partial charge in [-0.1, -0.05) is 24.3 Å². The largest absolute Gasteiger partial charge is 0.465 e. The molecule has 3 aromatic rings. The van der Waals surface area contributed by atoms with Gasteiger partial charge in [-0.05, 0) is 48.4 Å². The van der Waals surface area contributed by atoms with Gasteiger partial charge in [0.2, 0.25) is 0 Å². The van der Waals surface area contributed by atoms with E-state index in [1.165, 1.54) is 25.4 Å². The molecule has 0 spiro atoms. The molecular formula is C22H20FN3O3. The molecule has 7 heteroatoms. The average Bonchev–Trinajstić information content (AvgIpc) is 2.75. The van der Waals surface area contributed by atoms with E-state index in [1.54, 1.807) is 48.5 Å². The Kier molecular flexibility index (Phi) is 6.52. The number of methoxy groups -OCH3 is 1. The van der Waals surface area contributed by atoms with Crippen molar-refractivity contribution in [3.63, 3.8) is 0 Å². The van der Waals surface area contributed by atoms with Crippen molar-refractivity contribution in [2.75, 3.05) is 24.3 Å². The minimum absolute atomic E-state index is 0.205. The van der Waals surface area contributed by atoms with Crippen LogP contribution in [0.3, 0.4) is 0 Å². The van der Waals surface area contributed by atoms with Crippen LogP contribution in [0.4, 0.5) is 15.8 Å². The number of nitrogens with zero attached hydrogens (tertiary/aromatic N) is 1. The van der Waals surface area contributed by atoms with Crippen LogP contribution in [0.15, 0.2) is 66.9 Å². The Morgan fingerprint density at radius 1 is 1.07 bits per heavy atom. The lowest BCUT2D eigenvalue weighted by atomic mass is 10.1. The fourth-order valence-electron chi connectivity index (χ4n) is 2.73. The third-order valence-electron chi connectivity index (χ3n) is 4.23. The van der Waals surface area contributed by atoms with Gasteiger partial charge in [-0.25, -0.2) is 9.18 Å². The summed E-state index contributed by atoms with van der Waals surface area (Å²) in [7, 11) is 1.28. The Balaban J connectivity index is 1.64. The van der Waals surface area contributed by atoms with Gasteiger partial charge >= 0.3 is 5.97 Å². The highest BCUT2D eigenvalue weighted by molar-refractivity contribution is 6.07. The highest BCUT2D eigenvalue weighted by Gasteiger charge is 2.15. The van der Waals surface area contributed by atoms with Crippen LogP contribution in [-0.2, 0) is 11.2 Å². The molecule has 148 valence electrons. The number of benzene rings is 2. The Morgan fingerprint density at radius 3 is 2.59 bits per heavy atom. The van der Waals surface area contributed by atoms with Gasteiger partial charge < -0.3 is 15.4 Å². The number of pyridine rings is 1. The fraction of sp³-hybridized carbons (Fsp3) is 0.136. The zero-order chi connectivity index (χ0) is 20.6. The maximum atomic E-state index is 13.0. The van der Waals surface area contributed by atoms with E-state index in [0.717, 1.165) is 11.3 Å². The van der Waals surface area contributed by atoms with Gasteiger partial charge in [0.15, 0.2) is 0 Å². The first kappa shape index (κ1) is 20.0. The number of amides is 1. The first-order chi connectivity index (χ1) is 14.1. The molecule has 6 nitrogen and oxygen atoms in total. The lowest BCUT2D eigenvalue weighted by Crippen LogP contribution is -2.17. The molecule has 29 heavy (non-hydrogen) atoms. The van der Waals surface area contributed by atoms with Gasteiger partial charge in [0, 0.05) is 18.4 Å². The second-order valence-electron chi connectivity index (χ2n) is 6.22. The first-order valence-electron chi connectivity index (χ1n) is 9.00. The topological polar surface area (TPSA) is 80.3 Å². The first-order valence-corrected chi connectivity index (χ1v) is 9.00. The van der Waals surface area contributed by atoms with Gasteiger partial charge in [-0.3, -0.25) is 9.78 Å². The number of hydrogen-bond donors (Lipinski definition) is 2. The minimum atomic E-state index is -0.537. The molecule has 0 aliphatic heterocycles. The Labute approximate surface area is 167 Å². The molecular weight excluding hydrogens is 373 g/mol. The summed E-state index contributed by atoms with van der Waals surface area (Å²) < 4.78 is 17.7. The van der Waals surface area contributed by atoms with Crippen molar-refractivity contribution >= 4 is 23.3 Å². The number of para-hydroxylation sites is 1. The molecule has 2 aromatic carbocycles. The van der Waals surface area contributed by atoms with Gasteiger partial charge in [0.1, 0.15) is 11.5 Å². The van der Waals surface area contributed by atoms with Crippen molar-refractivity contribution < 1.29 is 18.7 Å². The highest BCUT2D eigenvalue weighted by atomic mass is 19.1. The third kappa shape index (κ3) is 5.38. The summed E-state index contributed by atoms with van der Waals surface area (Å²) >= 11 is 0. The molecule has 0 radical (unpaired) electrons. The number of nitrogens with one attached hydrogen (secondary N) is 2. The summed E-state index contributed by atoms with van der Waals surface area (Å²) in [5.74, 6) is -1.24. The van der Waals surface area contributed by atoms with Crippen LogP contribution in [0.2, 0.25) is 0 Å². The molecule has 1 aromatic heterocycles. The molecule has 0 aliphatic carbocycles. The molecule has 0 atom stereocenters. The zero-order valence-electron chi connectivity index (χ0n) is 15.8. The van der Waals surface area contributed by atoms with E-state index in [4.69, 9.17) is 4.74 Å². The number of carbonyl (C=O) groups is 2. The van der Waals surface area contributed by atoms with Crippen LogP contribution in [0, 0.1) is 5.82 Å². The molecule has 0 saturated carbocycles. The summed E-state index contributed by atoms with van der Waals surface area (Å²) in [5, 5.41) is 5.91. The molecule has 2 N–H and O–H groups in total. The molecule has 0 bridgehead atoms. The number of aromatic nitrogens is 1. The van der Waals surface area contributed by atoms with Crippen molar-refractivity contribution in [1.82, 2.24) is 4.98 Å². The Bertz CT molecular complexity index is 1010. The van der Waals surface area contributed by atoms with E-state index in [-0.39, 0.29) is 17.1 Å². The Morgan fingerprint density at radius 2 is 1.83 bits per heavy atom. The van der Waals surface area contributed by atoms with E-state index in [9.17, 15) is 14.0 Å². The normalized spacial score (nSPS) is 10.3. The minimum Gasteiger partial charge on any atom is -0.465 e. The summed E-state index contributed by atoms with van der Waals surface area (Å²) in [5.41, 5.74) is 2.55. The maximum Gasteiger partial charge on any atom is 0.339 e.